The summed E-state index contributed by atoms with van der Waals surface area (Å²) in [5.41, 5.74) is 1.06. The second-order valence-electron chi connectivity index (χ2n) is 3.33. The molecule has 1 rings (SSSR count). The first-order valence-electron chi connectivity index (χ1n) is 4.82. The molecule has 0 bridgehead atoms. The first-order chi connectivity index (χ1) is 7.15. The van der Waals surface area contributed by atoms with Crippen molar-refractivity contribution in [3.63, 3.8) is 0 Å². The fraction of sp³-hybridized carbons (Fsp3) is 0.455. The predicted molar refractivity (Wildman–Crippen MR) is 71.3 cm³/mol. The van der Waals surface area contributed by atoms with Gasteiger partial charge in [-0.25, -0.2) is 0 Å². The van der Waals surface area contributed by atoms with Crippen LogP contribution in [0.1, 0.15) is 18.5 Å². The van der Waals surface area contributed by atoms with E-state index in [9.17, 15) is 0 Å². The van der Waals surface area contributed by atoms with E-state index in [1.807, 2.05) is 30.0 Å². The first kappa shape index (κ1) is 13.2. The highest BCUT2D eigenvalue weighted by Gasteiger charge is 2.09. The monoisotopic (exact) mass is 263 g/mol. The Hall–Kier alpha value is 0.110. The van der Waals surface area contributed by atoms with Crippen molar-refractivity contribution in [2.45, 2.75) is 13.0 Å². The summed E-state index contributed by atoms with van der Waals surface area (Å²) in [4.78, 5) is 0. The van der Waals surface area contributed by atoms with Gasteiger partial charge in [-0.3, -0.25) is 0 Å². The minimum Gasteiger partial charge on any atom is -0.309 e. The summed E-state index contributed by atoms with van der Waals surface area (Å²) in [7, 11) is 0. The van der Waals surface area contributed by atoms with Crippen molar-refractivity contribution in [3.8, 4) is 0 Å². The number of rotatable bonds is 5. The Bertz CT molecular complexity index is 317. The van der Waals surface area contributed by atoms with Gasteiger partial charge in [0.15, 0.2) is 0 Å². The molecule has 0 radical (unpaired) electrons. The zero-order valence-electron chi connectivity index (χ0n) is 8.89. The van der Waals surface area contributed by atoms with Crippen molar-refractivity contribution in [1.29, 1.82) is 0 Å². The topological polar surface area (TPSA) is 12.0 Å². The lowest BCUT2D eigenvalue weighted by Crippen LogP contribution is -2.21. The van der Waals surface area contributed by atoms with Crippen LogP contribution in [-0.2, 0) is 0 Å². The zero-order valence-corrected chi connectivity index (χ0v) is 11.2. The molecule has 1 nitrogen and oxygen atoms in total. The zero-order chi connectivity index (χ0) is 11.3. The van der Waals surface area contributed by atoms with Crippen LogP contribution < -0.4 is 5.32 Å². The molecule has 0 aromatic heterocycles. The Morgan fingerprint density at radius 1 is 1.40 bits per heavy atom. The highest BCUT2D eigenvalue weighted by molar-refractivity contribution is 7.98. The molecule has 1 unspecified atom stereocenters. The number of nitrogens with one attached hydrogen (secondary N) is 1. The van der Waals surface area contributed by atoms with Crippen LogP contribution in [0.5, 0.6) is 0 Å². The normalized spacial score (nSPS) is 12.8. The van der Waals surface area contributed by atoms with Gasteiger partial charge in [0.05, 0.1) is 0 Å². The van der Waals surface area contributed by atoms with Crippen molar-refractivity contribution in [2.24, 2.45) is 0 Å². The maximum absolute atomic E-state index is 6.10. The molecule has 4 heteroatoms. The van der Waals surface area contributed by atoms with Crippen molar-refractivity contribution >= 4 is 35.0 Å². The highest BCUT2D eigenvalue weighted by Crippen LogP contribution is 2.25. The number of benzene rings is 1. The van der Waals surface area contributed by atoms with Crippen molar-refractivity contribution in [3.05, 3.63) is 33.8 Å². The first-order valence-corrected chi connectivity index (χ1v) is 6.97. The van der Waals surface area contributed by atoms with Gasteiger partial charge in [0.1, 0.15) is 0 Å². The van der Waals surface area contributed by atoms with Crippen LogP contribution in [0.25, 0.3) is 0 Å². The van der Waals surface area contributed by atoms with E-state index in [0.717, 1.165) is 27.9 Å². The van der Waals surface area contributed by atoms with Crippen LogP contribution in [0.15, 0.2) is 18.2 Å². The molecular formula is C11H15Cl2NS. The number of hydrogen-bond acceptors (Lipinski definition) is 2. The van der Waals surface area contributed by atoms with Gasteiger partial charge in [-0.2, -0.15) is 11.8 Å². The van der Waals surface area contributed by atoms with Crippen LogP contribution in [0, 0.1) is 0 Å². The Morgan fingerprint density at radius 2 is 2.13 bits per heavy atom. The van der Waals surface area contributed by atoms with E-state index in [4.69, 9.17) is 23.2 Å². The van der Waals surface area contributed by atoms with Crippen LogP contribution in [-0.4, -0.2) is 18.6 Å². The SMILES string of the molecule is CSCCNC(C)c1cc(Cl)ccc1Cl. The number of halogens is 2. The molecule has 0 aliphatic heterocycles. The summed E-state index contributed by atoms with van der Waals surface area (Å²) in [5.74, 6) is 1.10. The van der Waals surface area contributed by atoms with Gasteiger partial charge in [-0.15, -0.1) is 0 Å². The van der Waals surface area contributed by atoms with Gasteiger partial charge in [-0.05, 0) is 36.9 Å². The van der Waals surface area contributed by atoms with E-state index in [2.05, 4.69) is 18.5 Å². The molecule has 0 spiro atoms. The smallest absolute Gasteiger partial charge is 0.0454 e. The minimum absolute atomic E-state index is 0.239. The Balaban J connectivity index is 2.64. The van der Waals surface area contributed by atoms with Crippen LogP contribution in [0.3, 0.4) is 0 Å². The van der Waals surface area contributed by atoms with Gasteiger partial charge >= 0.3 is 0 Å². The predicted octanol–water partition coefficient (Wildman–Crippen LogP) is 4.01. The lowest BCUT2D eigenvalue weighted by molar-refractivity contribution is 0.601. The molecule has 0 saturated heterocycles. The second-order valence-corrected chi connectivity index (χ2v) is 5.16. The van der Waals surface area contributed by atoms with Gasteiger partial charge in [0.2, 0.25) is 0 Å². The Labute approximate surface area is 106 Å². The Morgan fingerprint density at radius 3 is 2.80 bits per heavy atom. The average molecular weight is 264 g/mol. The molecule has 84 valence electrons. The fourth-order valence-corrected chi connectivity index (χ4v) is 2.12. The standard InChI is InChI=1S/C11H15Cl2NS/c1-8(14-5-6-15-2)10-7-9(12)3-4-11(10)13/h3-4,7-8,14H,5-6H2,1-2H3. The van der Waals surface area contributed by atoms with Crippen LogP contribution >= 0.6 is 35.0 Å². The maximum Gasteiger partial charge on any atom is 0.0454 e. The van der Waals surface area contributed by atoms with E-state index in [1.54, 1.807) is 0 Å². The molecule has 0 aliphatic rings. The van der Waals surface area contributed by atoms with E-state index >= 15 is 0 Å². The molecule has 1 aromatic carbocycles. The largest absolute Gasteiger partial charge is 0.309 e. The van der Waals surface area contributed by atoms with Gasteiger partial charge in [0, 0.05) is 28.4 Å². The van der Waals surface area contributed by atoms with Crippen LogP contribution in [0.2, 0.25) is 10.0 Å². The third kappa shape index (κ3) is 4.23. The third-order valence-corrected chi connectivity index (χ3v) is 3.37. The molecule has 0 saturated carbocycles. The fourth-order valence-electron chi connectivity index (χ4n) is 1.33. The molecule has 1 N–H and O–H groups in total. The van der Waals surface area contributed by atoms with E-state index in [1.165, 1.54) is 0 Å². The van der Waals surface area contributed by atoms with Crippen LogP contribution in [0.4, 0.5) is 0 Å². The molecule has 0 amide bonds. The highest BCUT2D eigenvalue weighted by atomic mass is 35.5. The molecular weight excluding hydrogens is 249 g/mol. The molecule has 15 heavy (non-hydrogen) atoms. The third-order valence-electron chi connectivity index (χ3n) is 2.18. The lowest BCUT2D eigenvalue weighted by atomic mass is 10.1. The summed E-state index contributed by atoms with van der Waals surface area (Å²) in [6.45, 7) is 3.07. The molecule has 0 heterocycles. The number of hydrogen-bond donors (Lipinski definition) is 1. The maximum atomic E-state index is 6.10. The second kappa shape index (κ2) is 6.64. The average Bonchev–Trinajstić information content (AvgIpc) is 2.22. The van der Waals surface area contributed by atoms with Gasteiger partial charge in [-0.1, -0.05) is 23.2 Å². The summed E-state index contributed by atoms with van der Waals surface area (Å²) in [6, 6.07) is 5.80. The minimum atomic E-state index is 0.239. The summed E-state index contributed by atoms with van der Waals surface area (Å²) in [5, 5.41) is 4.90. The van der Waals surface area contributed by atoms with E-state index in [0.29, 0.717) is 0 Å². The van der Waals surface area contributed by atoms with Gasteiger partial charge < -0.3 is 5.32 Å². The number of thioether (sulfide) groups is 1. The molecule has 0 aliphatic carbocycles. The van der Waals surface area contributed by atoms with Crippen molar-refractivity contribution in [2.75, 3.05) is 18.6 Å². The van der Waals surface area contributed by atoms with E-state index in [-0.39, 0.29) is 6.04 Å². The van der Waals surface area contributed by atoms with Gasteiger partial charge in [0.25, 0.3) is 0 Å². The Kier molecular flexibility index (Phi) is 5.83. The molecule has 1 atom stereocenters. The lowest BCUT2D eigenvalue weighted by Gasteiger charge is -2.15. The summed E-state index contributed by atoms with van der Waals surface area (Å²) in [6.07, 6.45) is 2.10. The van der Waals surface area contributed by atoms with E-state index < -0.39 is 0 Å². The quantitative estimate of drug-likeness (QED) is 0.806. The molecule has 1 aromatic rings. The summed E-state index contributed by atoms with van der Waals surface area (Å²) >= 11 is 13.9. The summed E-state index contributed by atoms with van der Waals surface area (Å²) < 4.78 is 0. The molecule has 0 fully saturated rings. The van der Waals surface area contributed by atoms with Crippen molar-refractivity contribution in [1.82, 2.24) is 5.32 Å². The van der Waals surface area contributed by atoms with Crippen molar-refractivity contribution < 1.29 is 0 Å².